The smallest absolute Gasteiger partial charge is 0.131 e. The predicted octanol–water partition coefficient (Wildman–Crippen LogP) is 5.40. The lowest BCUT2D eigenvalue weighted by Gasteiger charge is -2.10. The number of ether oxygens (including phenoxy) is 2. The molecule has 0 unspecified atom stereocenters. The van der Waals surface area contributed by atoms with Crippen LogP contribution in [-0.4, -0.2) is 13.7 Å². The molecule has 1 N–H and O–H groups in total. The lowest BCUT2D eigenvalue weighted by atomic mass is 10.1. The molecule has 28 heavy (non-hydrogen) atoms. The van der Waals surface area contributed by atoms with Gasteiger partial charge in [-0.1, -0.05) is 41.9 Å². The molecule has 146 valence electrons. The summed E-state index contributed by atoms with van der Waals surface area (Å²) < 4.78 is 24.6. The standard InChI is InChI=1S/C23H23ClFNO2/c1-27-19-9-5-17(6-10-19)13-14-26-15-18-7-11-20(12-8-18)28-16-21-22(24)3-2-4-23(21)25/h2-12,26H,13-16H2,1H3. The zero-order valence-electron chi connectivity index (χ0n) is 15.8. The Labute approximate surface area is 170 Å². The minimum Gasteiger partial charge on any atom is -0.497 e. The maximum atomic E-state index is 13.8. The molecule has 0 bridgehead atoms. The van der Waals surface area contributed by atoms with Crippen LogP contribution in [0.4, 0.5) is 4.39 Å². The average Bonchev–Trinajstić information content (AvgIpc) is 2.72. The van der Waals surface area contributed by atoms with Crippen molar-refractivity contribution in [1.29, 1.82) is 0 Å². The van der Waals surface area contributed by atoms with E-state index in [-0.39, 0.29) is 12.4 Å². The summed E-state index contributed by atoms with van der Waals surface area (Å²) in [5.74, 6) is 1.20. The molecule has 0 aromatic heterocycles. The Morgan fingerprint density at radius 1 is 0.893 bits per heavy atom. The first kappa shape index (κ1) is 20.2. The van der Waals surface area contributed by atoms with Gasteiger partial charge in [-0.15, -0.1) is 0 Å². The zero-order chi connectivity index (χ0) is 19.8. The monoisotopic (exact) mass is 399 g/mol. The van der Waals surface area contributed by atoms with Gasteiger partial charge in [-0.3, -0.25) is 0 Å². The van der Waals surface area contributed by atoms with E-state index in [0.717, 1.165) is 30.8 Å². The van der Waals surface area contributed by atoms with Crippen LogP contribution in [0.25, 0.3) is 0 Å². The lowest BCUT2D eigenvalue weighted by molar-refractivity contribution is 0.300. The number of benzene rings is 3. The van der Waals surface area contributed by atoms with E-state index in [1.54, 1.807) is 19.2 Å². The number of methoxy groups -OCH3 is 1. The first-order valence-electron chi connectivity index (χ1n) is 9.14. The molecular formula is C23H23ClFNO2. The molecule has 3 aromatic rings. The summed E-state index contributed by atoms with van der Waals surface area (Å²) in [5.41, 5.74) is 2.79. The maximum Gasteiger partial charge on any atom is 0.131 e. The Kier molecular flexibility index (Phi) is 7.29. The van der Waals surface area contributed by atoms with E-state index in [4.69, 9.17) is 21.1 Å². The van der Waals surface area contributed by atoms with Gasteiger partial charge in [-0.05, 0) is 60.5 Å². The minimum atomic E-state index is -0.356. The quantitative estimate of drug-likeness (QED) is 0.489. The van der Waals surface area contributed by atoms with E-state index in [0.29, 0.717) is 16.3 Å². The Bertz CT molecular complexity index is 862. The number of hydrogen-bond acceptors (Lipinski definition) is 3. The molecule has 5 heteroatoms. The molecule has 3 nitrogen and oxygen atoms in total. The van der Waals surface area contributed by atoms with Gasteiger partial charge < -0.3 is 14.8 Å². The van der Waals surface area contributed by atoms with Crippen LogP contribution in [0, 0.1) is 5.82 Å². The van der Waals surface area contributed by atoms with Crippen LogP contribution in [0.2, 0.25) is 5.02 Å². The highest BCUT2D eigenvalue weighted by Crippen LogP contribution is 2.21. The molecule has 0 aliphatic carbocycles. The van der Waals surface area contributed by atoms with Gasteiger partial charge in [0, 0.05) is 12.1 Å². The van der Waals surface area contributed by atoms with Crippen molar-refractivity contribution >= 4 is 11.6 Å². The number of hydrogen-bond donors (Lipinski definition) is 1. The number of rotatable bonds is 9. The summed E-state index contributed by atoms with van der Waals surface area (Å²) in [6.07, 6.45) is 0.953. The van der Waals surface area contributed by atoms with Gasteiger partial charge in [0.1, 0.15) is 23.9 Å². The van der Waals surface area contributed by atoms with Crippen molar-refractivity contribution < 1.29 is 13.9 Å². The fraction of sp³-hybridized carbons (Fsp3) is 0.217. The van der Waals surface area contributed by atoms with Crippen LogP contribution in [0.3, 0.4) is 0 Å². The normalized spacial score (nSPS) is 10.7. The van der Waals surface area contributed by atoms with E-state index in [1.807, 2.05) is 36.4 Å². The molecular weight excluding hydrogens is 377 g/mol. The predicted molar refractivity (Wildman–Crippen MR) is 111 cm³/mol. The second kappa shape index (κ2) is 10.1. The van der Waals surface area contributed by atoms with Crippen molar-refractivity contribution in [3.8, 4) is 11.5 Å². The van der Waals surface area contributed by atoms with Gasteiger partial charge in [0.15, 0.2) is 0 Å². The van der Waals surface area contributed by atoms with Crippen LogP contribution in [0.15, 0.2) is 66.7 Å². The summed E-state index contributed by atoms with van der Waals surface area (Å²) >= 11 is 6.02. The second-order valence-corrected chi connectivity index (χ2v) is 6.81. The highest BCUT2D eigenvalue weighted by Gasteiger charge is 2.07. The van der Waals surface area contributed by atoms with Crippen LogP contribution in [0.1, 0.15) is 16.7 Å². The van der Waals surface area contributed by atoms with Crippen LogP contribution in [0.5, 0.6) is 11.5 Å². The molecule has 0 aliphatic heterocycles. The highest BCUT2D eigenvalue weighted by atomic mass is 35.5. The summed E-state index contributed by atoms with van der Waals surface area (Å²) in [7, 11) is 1.67. The minimum absolute atomic E-state index is 0.102. The lowest BCUT2D eigenvalue weighted by Crippen LogP contribution is -2.16. The van der Waals surface area contributed by atoms with Gasteiger partial charge in [0.25, 0.3) is 0 Å². The van der Waals surface area contributed by atoms with Crippen LogP contribution < -0.4 is 14.8 Å². The second-order valence-electron chi connectivity index (χ2n) is 6.41. The van der Waals surface area contributed by atoms with Gasteiger partial charge in [0.05, 0.1) is 12.1 Å². The summed E-state index contributed by atoms with van der Waals surface area (Å²) in [5, 5.41) is 3.80. The molecule has 3 rings (SSSR count). The van der Waals surface area contributed by atoms with Gasteiger partial charge in [-0.25, -0.2) is 4.39 Å². The average molecular weight is 400 g/mol. The van der Waals surface area contributed by atoms with Crippen molar-refractivity contribution in [2.75, 3.05) is 13.7 Å². The summed E-state index contributed by atoms with van der Waals surface area (Å²) in [6, 6.07) is 20.5. The van der Waals surface area contributed by atoms with Crippen molar-refractivity contribution in [1.82, 2.24) is 5.32 Å². The van der Waals surface area contributed by atoms with E-state index in [1.165, 1.54) is 11.6 Å². The maximum absolute atomic E-state index is 13.8. The molecule has 0 amide bonds. The Hall–Kier alpha value is -2.56. The number of nitrogens with one attached hydrogen (secondary N) is 1. The summed E-state index contributed by atoms with van der Waals surface area (Å²) in [6.45, 7) is 1.76. The fourth-order valence-corrected chi connectivity index (χ4v) is 3.00. The fourth-order valence-electron chi connectivity index (χ4n) is 2.79. The number of halogens is 2. The third-order valence-corrected chi connectivity index (χ3v) is 4.80. The first-order chi connectivity index (χ1) is 13.7. The highest BCUT2D eigenvalue weighted by molar-refractivity contribution is 6.31. The van der Waals surface area contributed by atoms with Crippen molar-refractivity contribution in [2.24, 2.45) is 0 Å². The molecule has 0 fully saturated rings. The van der Waals surface area contributed by atoms with E-state index >= 15 is 0 Å². The largest absolute Gasteiger partial charge is 0.497 e. The van der Waals surface area contributed by atoms with Crippen molar-refractivity contribution in [3.05, 3.63) is 94.3 Å². The van der Waals surface area contributed by atoms with Gasteiger partial charge >= 0.3 is 0 Å². The molecule has 0 atom stereocenters. The van der Waals surface area contributed by atoms with Gasteiger partial charge in [-0.2, -0.15) is 0 Å². The van der Waals surface area contributed by atoms with E-state index in [2.05, 4.69) is 17.4 Å². The first-order valence-corrected chi connectivity index (χ1v) is 9.52. The SMILES string of the molecule is COc1ccc(CCNCc2ccc(OCc3c(F)cccc3Cl)cc2)cc1. The molecule has 3 aromatic carbocycles. The molecule has 0 saturated heterocycles. The topological polar surface area (TPSA) is 30.5 Å². The molecule has 0 heterocycles. The van der Waals surface area contributed by atoms with Crippen molar-refractivity contribution in [2.45, 2.75) is 19.6 Å². The summed E-state index contributed by atoms with van der Waals surface area (Å²) in [4.78, 5) is 0. The van der Waals surface area contributed by atoms with Crippen LogP contribution in [-0.2, 0) is 19.6 Å². The molecule has 0 aliphatic rings. The zero-order valence-corrected chi connectivity index (χ0v) is 16.5. The molecule has 0 saturated carbocycles. The third-order valence-electron chi connectivity index (χ3n) is 4.45. The van der Waals surface area contributed by atoms with Crippen molar-refractivity contribution in [3.63, 3.8) is 0 Å². The Balaban J connectivity index is 1.42. The van der Waals surface area contributed by atoms with E-state index in [9.17, 15) is 4.39 Å². The van der Waals surface area contributed by atoms with Gasteiger partial charge in [0.2, 0.25) is 0 Å². The Morgan fingerprint density at radius 3 is 2.25 bits per heavy atom. The van der Waals surface area contributed by atoms with E-state index < -0.39 is 0 Å². The van der Waals surface area contributed by atoms with Crippen LogP contribution >= 0.6 is 11.6 Å². The Morgan fingerprint density at radius 2 is 1.57 bits per heavy atom. The third kappa shape index (κ3) is 5.72. The molecule has 0 spiro atoms. The molecule has 0 radical (unpaired) electrons.